The van der Waals surface area contributed by atoms with E-state index in [1.807, 2.05) is 0 Å². The second kappa shape index (κ2) is 5.55. The lowest BCUT2D eigenvalue weighted by molar-refractivity contribution is -0.357. The van der Waals surface area contributed by atoms with E-state index in [9.17, 15) is 4.79 Å². The summed E-state index contributed by atoms with van der Waals surface area (Å²) in [5.74, 6) is -4.16. The summed E-state index contributed by atoms with van der Waals surface area (Å²) in [6, 6.07) is 0. The van der Waals surface area contributed by atoms with Crippen molar-refractivity contribution in [3.05, 3.63) is 0 Å². The van der Waals surface area contributed by atoms with Gasteiger partial charge in [0.05, 0.1) is 13.2 Å². The molecule has 0 aliphatic rings. The smallest absolute Gasteiger partial charge is 0.317 e. The molecule has 1 unspecified atom stereocenters. The molecule has 0 aliphatic carbocycles. The third kappa shape index (κ3) is 3.69. The van der Waals surface area contributed by atoms with E-state index in [-0.39, 0.29) is 6.42 Å². The molecular weight excluding hydrogens is 220 g/mol. The number of aliphatic hydroxyl groups is 5. The lowest BCUT2D eigenvalue weighted by Gasteiger charge is -2.29. The molecule has 0 spiro atoms. The fraction of sp³-hybridized carbons (Fsp3) is 0.889. The van der Waals surface area contributed by atoms with Gasteiger partial charge in [0, 0.05) is 0 Å². The molecule has 0 aliphatic heterocycles. The molecule has 0 aromatic heterocycles. The molecule has 1 atom stereocenters. The first-order valence-electron chi connectivity index (χ1n) is 4.81. The summed E-state index contributed by atoms with van der Waals surface area (Å²) in [4.78, 5) is 11.5. The fourth-order valence-electron chi connectivity index (χ4n) is 0.887. The van der Waals surface area contributed by atoms with Crippen molar-refractivity contribution < 1.29 is 35.1 Å². The first-order chi connectivity index (χ1) is 7.21. The van der Waals surface area contributed by atoms with Crippen molar-refractivity contribution in [2.45, 2.75) is 32.3 Å². The molecule has 7 heteroatoms. The SMILES string of the molecule is CCC(OC(=O)C(C)(CO)CO)C(O)(O)O. The Morgan fingerprint density at radius 3 is 1.94 bits per heavy atom. The van der Waals surface area contributed by atoms with E-state index in [4.69, 9.17) is 25.5 Å². The maximum Gasteiger partial charge on any atom is 0.317 e. The summed E-state index contributed by atoms with van der Waals surface area (Å²) in [5, 5.41) is 44.3. The number of esters is 1. The Kier molecular flexibility index (Phi) is 5.30. The Morgan fingerprint density at radius 2 is 1.69 bits per heavy atom. The number of hydrogen-bond acceptors (Lipinski definition) is 7. The van der Waals surface area contributed by atoms with Crippen molar-refractivity contribution in [1.82, 2.24) is 0 Å². The van der Waals surface area contributed by atoms with E-state index in [2.05, 4.69) is 4.74 Å². The van der Waals surface area contributed by atoms with Crippen LogP contribution in [-0.4, -0.2) is 56.8 Å². The average molecular weight is 238 g/mol. The van der Waals surface area contributed by atoms with Crippen molar-refractivity contribution in [2.75, 3.05) is 13.2 Å². The van der Waals surface area contributed by atoms with Crippen LogP contribution in [0.3, 0.4) is 0 Å². The second-order valence-corrected chi connectivity index (χ2v) is 3.87. The molecule has 0 radical (unpaired) electrons. The van der Waals surface area contributed by atoms with Crippen LogP contribution in [0.2, 0.25) is 0 Å². The van der Waals surface area contributed by atoms with Crippen LogP contribution in [-0.2, 0) is 9.53 Å². The summed E-state index contributed by atoms with van der Waals surface area (Å²) in [5.41, 5.74) is -1.54. The Labute approximate surface area is 92.9 Å². The first-order valence-corrected chi connectivity index (χ1v) is 4.81. The second-order valence-electron chi connectivity index (χ2n) is 3.87. The Morgan fingerprint density at radius 1 is 1.25 bits per heavy atom. The number of hydrogen-bond donors (Lipinski definition) is 5. The first kappa shape index (κ1) is 15.3. The van der Waals surface area contributed by atoms with Gasteiger partial charge in [-0.1, -0.05) is 6.92 Å². The van der Waals surface area contributed by atoms with Crippen LogP contribution in [0, 0.1) is 5.41 Å². The van der Waals surface area contributed by atoms with Crippen LogP contribution < -0.4 is 0 Å². The molecule has 0 bridgehead atoms. The van der Waals surface area contributed by atoms with E-state index >= 15 is 0 Å². The van der Waals surface area contributed by atoms with Gasteiger partial charge in [-0.2, -0.15) is 0 Å². The number of carbonyl (C=O) groups is 1. The molecule has 0 saturated heterocycles. The lowest BCUT2D eigenvalue weighted by atomic mass is 9.93. The largest absolute Gasteiger partial charge is 0.453 e. The molecule has 5 N–H and O–H groups in total. The number of aliphatic hydroxyl groups excluding tert-OH is 2. The van der Waals surface area contributed by atoms with Crippen molar-refractivity contribution >= 4 is 5.97 Å². The highest BCUT2D eigenvalue weighted by Crippen LogP contribution is 2.20. The van der Waals surface area contributed by atoms with Gasteiger partial charge in [0.2, 0.25) is 0 Å². The number of ether oxygens (including phenoxy) is 1. The van der Waals surface area contributed by atoms with Crippen molar-refractivity contribution in [2.24, 2.45) is 5.41 Å². The third-order valence-corrected chi connectivity index (χ3v) is 2.24. The van der Waals surface area contributed by atoms with Gasteiger partial charge in [0.1, 0.15) is 5.41 Å². The third-order valence-electron chi connectivity index (χ3n) is 2.24. The van der Waals surface area contributed by atoms with Gasteiger partial charge < -0.3 is 30.3 Å². The van der Waals surface area contributed by atoms with Gasteiger partial charge >= 0.3 is 11.9 Å². The molecule has 0 saturated carbocycles. The molecule has 16 heavy (non-hydrogen) atoms. The predicted molar refractivity (Wildman–Crippen MR) is 51.8 cm³/mol. The number of carbonyl (C=O) groups excluding carboxylic acids is 1. The minimum atomic E-state index is -3.14. The van der Waals surface area contributed by atoms with Crippen LogP contribution in [0.15, 0.2) is 0 Å². The lowest BCUT2D eigenvalue weighted by Crippen LogP contribution is -2.48. The molecule has 96 valence electrons. The maximum atomic E-state index is 11.5. The monoisotopic (exact) mass is 238 g/mol. The molecule has 0 amide bonds. The Balaban J connectivity index is 4.65. The van der Waals surface area contributed by atoms with Crippen molar-refractivity contribution in [3.8, 4) is 0 Å². The summed E-state index contributed by atoms with van der Waals surface area (Å²) in [6.07, 6.45) is -1.58. The van der Waals surface area contributed by atoms with Gasteiger partial charge in [-0.25, -0.2) is 0 Å². The predicted octanol–water partition coefficient (Wildman–Crippen LogP) is -2.07. The summed E-state index contributed by atoms with van der Waals surface area (Å²) >= 11 is 0. The van der Waals surface area contributed by atoms with E-state index in [0.29, 0.717) is 0 Å². The van der Waals surface area contributed by atoms with E-state index in [0.717, 1.165) is 0 Å². The van der Waals surface area contributed by atoms with Crippen LogP contribution in [0.4, 0.5) is 0 Å². The highest BCUT2D eigenvalue weighted by atomic mass is 16.7. The molecule has 0 aromatic rings. The van der Waals surface area contributed by atoms with Crippen LogP contribution in [0.1, 0.15) is 20.3 Å². The normalized spacial score (nSPS) is 14.7. The summed E-state index contributed by atoms with van der Waals surface area (Å²) in [7, 11) is 0. The van der Waals surface area contributed by atoms with Crippen molar-refractivity contribution in [3.63, 3.8) is 0 Å². The zero-order valence-electron chi connectivity index (χ0n) is 9.25. The van der Waals surface area contributed by atoms with Crippen LogP contribution >= 0.6 is 0 Å². The summed E-state index contributed by atoms with van der Waals surface area (Å²) in [6.45, 7) is 1.39. The maximum absolute atomic E-state index is 11.5. The highest BCUT2D eigenvalue weighted by molar-refractivity contribution is 5.76. The average Bonchev–Trinajstić information content (AvgIpc) is 2.22. The van der Waals surface area contributed by atoms with Crippen molar-refractivity contribution in [1.29, 1.82) is 0 Å². The van der Waals surface area contributed by atoms with E-state index in [1.165, 1.54) is 13.8 Å². The van der Waals surface area contributed by atoms with Crippen LogP contribution in [0.25, 0.3) is 0 Å². The number of rotatable bonds is 6. The summed E-state index contributed by atoms with van der Waals surface area (Å²) < 4.78 is 4.60. The standard InChI is InChI=1S/C9H18O7/c1-3-6(9(13,14)15)16-7(12)8(2,4-10)5-11/h6,10-11,13-15H,3-5H2,1-2H3. The van der Waals surface area contributed by atoms with Gasteiger partial charge in [0.15, 0.2) is 6.10 Å². The molecule has 0 heterocycles. The van der Waals surface area contributed by atoms with Gasteiger partial charge in [-0.3, -0.25) is 4.79 Å². The van der Waals surface area contributed by atoms with E-state index < -0.39 is 36.7 Å². The Hall–Kier alpha value is -0.730. The minimum absolute atomic E-state index is 0.0395. The minimum Gasteiger partial charge on any atom is -0.453 e. The molecule has 0 fully saturated rings. The van der Waals surface area contributed by atoms with Crippen LogP contribution in [0.5, 0.6) is 0 Å². The molecule has 0 aromatic carbocycles. The van der Waals surface area contributed by atoms with Gasteiger partial charge in [-0.05, 0) is 13.3 Å². The van der Waals surface area contributed by atoms with Gasteiger partial charge in [0.25, 0.3) is 0 Å². The zero-order valence-corrected chi connectivity index (χ0v) is 9.25. The molecule has 7 nitrogen and oxygen atoms in total. The highest BCUT2D eigenvalue weighted by Gasteiger charge is 2.40. The zero-order chi connectivity index (χ0) is 13.0. The Bertz CT molecular complexity index is 229. The molecule has 0 rings (SSSR count). The molecular formula is C9H18O7. The topological polar surface area (TPSA) is 127 Å². The quantitative estimate of drug-likeness (QED) is 0.265. The fourth-order valence-corrected chi connectivity index (χ4v) is 0.887. The van der Waals surface area contributed by atoms with Gasteiger partial charge in [-0.15, -0.1) is 0 Å². The van der Waals surface area contributed by atoms with E-state index in [1.54, 1.807) is 0 Å².